The fraction of sp³-hybridized carbons (Fsp3) is 0.350. The number of rotatable bonds is 0. The molecular formula is C20H31NO. The highest BCUT2D eigenvalue weighted by Gasteiger charge is 2.08. The molecule has 1 aromatic carbocycles. The van der Waals surface area contributed by atoms with Crippen LogP contribution in [-0.2, 0) is 0 Å². The lowest BCUT2D eigenvalue weighted by molar-refractivity contribution is 1.28. The van der Waals surface area contributed by atoms with Crippen LogP contribution in [0, 0.1) is 0 Å². The van der Waals surface area contributed by atoms with Crippen LogP contribution in [0.5, 0.6) is 0 Å². The minimum absolute atomic E-state index is 0. The second kappa shape index (κ2) is 11.6. The van der Waals surface area contributed by atoms with Crippen molar-refractivity contribution in [2.45, 2.75) is 48.0 Å². The number of para-hydroxylation sites is 1. The molecule has 0 atom stereocenters. The third-order valence-corrected chi connectivity index (χ3v) is 2.84. The molecule has 22 heavy (non-hydrogen) atoms. The molecule has 0 amide bonds. The van der Waals surface area contributed by atoms with Crippen molar-refractivity contribution in [2.24, 2.45) is 0 Å². The van der Waals surface area contributed by atoms with Crippen LogP contribution < -0.4 is 5.56 Å². The van der Waals surface area contributed by atoms with Crippen LogP contribution in [-0.4, -0.2) is 4.98 Å². The van der Waals surface area contributed by atoms with Crippen LogP contribution in [0.15, 0.2) is 41.2 Å². The van der Waals surface area contributed by atoms with Gasteiger partial charge in [0.05, 0.1) is 0 Å². The molecule has 0 radical (unpaired) electrons. The molecule has 0 fully saturated rings. The molecule has 2 heteroatoms. The Morgan fingerprint density at radius 2 is 1.41 bits per heavy atom. The number of fused-ring (bicyclic) bond motifs is 3. The third kappa shape index (κ3) is 4.73. The Labute approximate surface area is 136 Å². The Kier molecular flexibility index (Phi) is 10.5. The van der Waals surface area contributed by atoms with Gasteiger partial charge in [0.15, 0.2) is 0 Å². The molecule has 2 aromatic rings. The highest BCUT2D eigenvalue weighted by atomic mass is 16.1. The maximum Gasteiger partial charge on any atom is 0.256 e. The highest BCUT2D eigenvalue weighted by Crippen LogP contribution is 2.22. The topological polar surface area (TPSA) is 32.9 Å². The third-order valence-electron chi connectivity index (χ3n) is 2.84. The number of aromatic amines is 1. The molecule has 1 aromatic heterocycles. The van der Waals surface area contributed by atoms with E-state index in [1.54, 1.807) is 0 Å². The molecule has 1 aliphatic carbocycles. The molecule has 2 nitrogen and oxygen atoms in total. The van der Waals surface area contributed by atoms with E-state index in [4.69, 9.17) is 0 Å². The number of benzene rings is 1. The van der Waals surface area contributed by atoms with Crippen LogP contribution in [0.3, 0.4) is 0 Å². The second-order valence-corrected chi connectivity index (χ2v) is 3.87. The van der Waals surface area contributed by atoms with Crippen molar-refractivity contribution in [1.29, 1.82) is 0 Å². The smallest absolute Gasteiger partial charge is 0.256 e. The second-order valence-electron chi connectivity index (χ2n) is 3.87. The summed E-state index contributed by atoms with van der Waals surface area (Å²) in [7, 11) is 0. The van der Waals surface area contributed by atoms with Gasteiger partial charge in [-0.1, -0.05) is 84.0 Å². The van der Waals surface area contributed by atoms with Gasteiger partial charge in [-0.3, -0.25) is 4.79 Å². The summed E-state index contributed by atoms with van der Waals surface area (Å²) < 4.78 is 0. The lowest BCUT2D eigenvalue weighted by atomic mass is 10.0. The van der Waals surface area contributed by atoms with E-state index in [0.29, 0.717) is 0 Å². The van der Waals surface area contributed by atoms with Crippen molar-refractivity contribution < 1.29 is 1.43 Å². The number of hydrogen-bond donors (Lipinski definition) is 1. The maximum atomic E-state index is 11.9. The van der Waals surface area contributed by atoms with Gasteiger partial charge < -0.3 is 4.98 Å². The number of aromatic nitrogens is 1. The normalized spacial score (nSPS) is 10.8. The molecule has 0 saturated carbocycles. The molecular weight excluding hydrogens is 270 g/mol. The Bertz CT molecular complexity index is 669. The van der Waals surface area contributed by atoms with Crippen LogP contribution in [0.1, 0.15) is 60.5 Å². The lowest BCUT2D eigenvalue weighted by Gasteiger charge is -2.05. The predicted octanol–water partition coefficient (Wildman–Crippen LogP) is 6.28. The van der Waals surface area contributed by atoms with Gasteiger partial charge in [0, 0.05) is 17.9 Å². The largest absolute Gasteiger partial charge is 0.321 e. The highest BCUT2D eigenvalue weighted by molar-refractivity contribution is 5.91. The Morgan fingerprint density at radius 3 is 2.05 bits per heavy atom. The summed E-state index contributed by atoms with van der Waals surface area (Å²) >= 11 is 0. The summed E-state index contributed by atoms with van der Waals surface area (Å²) in [6, 6.07) is 7.89. The van der Waals surface area contributed by atoms with Crippen molar-refractivity contribution in [2.75, 3.05) is 0 Å². The summed E-state index contributed by atoms with van der Waals surface area (Å²) in [6.07, 6.45) is 8.90. The summed E-state index contributed by atoms with van der Waals surface area (Å²) in [4.78, 5) is 14.8. The maximum absolute atomic E-state index is 11.9. The number of hydrogen-bond acceptors (Lipinski definition) is 1. The number of H-pyrrole nitrogens is 1. The van der Waals surface area contributed by atoms with E-state index >= 15 is 0 Å². The van der Waals surface area contributed by atoms with E-state index in [9.17, 15) is 4.79 Å². The zero-order chi connectivity index (χ0) is 17.0. The van der Waals surface area contributed by atoms with Gasteiger partial charge in [-0.05, 0) is 18.1 Å². The Balaban J connectivity index is 0. The number of nitrogens with one attached hydrogen (secondary N) is 1. The first-order chi connectivity index (χ1) is 10.9. The van der Waals surface area contributed by atoms with Gasteiger partial charge in [0.1, 0.15) is 0 Å². The van der Waals surface area contributed by atoms with Gasteiger partial charge in [0.2, 0.25) is 0 Å². The average Bonchev–Trinajstić information content (AvgIpc) is 2.87. The first-order valence-corrected chi connectivity index (χ1v) is 8.34. The summed E-state index contributed by atoms with van der Waals surface area (Å²) in [5.41, 5.74) is 2.66. The minimum atomic E-state index is -0.0171. The molecule has 122 valence electrons. The van der Waals surface area contributed by atoms with Crippen LogP contribution in [0.2, 0.25) is 0 Å². The zero-order valence-electron chi connectivity index (χ0n) is 14.7. The van der Waals surface area contributed by atoms with Crippen LogP contribution in [0.4, 0.5) is 0 Å². The van der Waals surface area contributed by atoms with E-state index in [-0.39, 0.29) is 6.99 Å². The van der Waals surface area contributed by atoms with Gasteiger partial charge in [-0.2, -0.15) is 0 Å². The molecule has 0 bridgehead atoms. The number of allylic oxidation sites excluding steroid dienone is 2. The zero-order valence-corrected chi connectivity index (χ0v) is 14.7. The number of pyridine rings is 1. The van der Waals surface area contributed by atoms with Gasteiger partial charge in [0.25, 0.3) is 5.56 Å². The van der Waals surface area contributed by atoms with Crippen molar-refractivity contribution in [1.82, 2.24) is 4.98 Å². The van der Waals surface area contributed by atoms with Gasteiger partial charge in [-0.15, -0.1) is 0 Å². The molecule has 0 spiro atoms. The first-order valence-electron chi connectivity index (χ1n) is 8.34. The minimum Gasteiger partial charge on any atom is -0.321 e. The van der Waals surface area contributed by atoms with Crippen molar-refractivity contribution in [3.05, 3.63) is 57.9 Å². The van der Waals surface area contributed by atoms with Crippen molar-refractivity contribution in [3.8, 4) is 0 Å². The monoisotopic (exact) mass is 301 g/mol. The van der Waals surface area contributed by atoms with E-state index in [1.165, 1.54) is 0 Å². The molecule has 0 saturated heterocycles. The SMILES string of the molecule is CC.CC.CC.O=c1[nH]c2ccccc2c2c1C=CCC=C2.[HH]. The molecule has 1 N–H and O–H groups in total. The summed E-state index contributed by atoms with van der Waals surface area (Å²) in [5.74, 6) is 0. The van der Waals surface area contributed by atoms with E-state index < -0.39 is 0 Å². The Hall–Kier alpha value is -2.09. The quantitative estimate of drug-likeness (QED) is 0.610. The summed E-state index contributed by atoms with van der Waals surface area (Å²) in [5, 5.41) is 1.10. The van der Waals surface area contributed by atoms with Crippen LogP contribution in [0.25, 0.3) is 23.1 Å². The first kappa shape index (κ1) is 19.9. The molecule has 0 aliphatic heterocycles. The van der Waals surface area contributed by atoms with Crippen molar-refractivity contribution in [3.63, 3.8) is 0 Å². The molecule has 1 heterocycles. The summed E-state index contributed by atoms with van der Waals surface area (Å²) in [6.45, 7) is 12.0. The van der Waals surface area contributed by atoms with Gasteiger partial charge in [-0.25, -0.2) is 0 Å². The van der Waals surface area contributed by atoms with E-state index in [1.807, 2.05) is 84.0 Å². The van der Waals surface area contributed by atoms with E-state index in [0.717, 1.165) is 28.5 Å². The fourth-order valence-corrected chi connectivity index (χ4v) is 2.08. The molecule has 1 aliphatic rings. The predicted molar refractivity (Wildman–Crippen MR) is 103 cm³/mol. The van der Waals surface area contributed by atoms with Crippen molar-refractivity contribution >= 4 is 23.1 Å². The average molecular weight is 301 g/mol. The molecule has 0 unspecified atom stereocenters. The van der Waals surface area contributed by atoms with Gasteiger partial charge >= 0.3 is 0 Å². The molecule has 3 rings (SSSR count). The van der Waals surface area contributed by atoms with Crippen LogP contribution >= 0.6 is 0 Å². The fourth-order valence-electron chi connectivity index (χ4n) is 2.08. The Morgan fingerprint density at radius 1 is 0.864 bits per heavy atom. The lowest BCUT2D eigenvalue weighted by Crippen LogP contribution is -2.11. The van der Waals surface area contributed by atoms with E-state index in [2.05, 4.69) is 11.1 Å². The standard InChI is InChI=1S/C14H11NO.3C2H6.H2/c16-14-12-8-3-1-2-6-10(12)11-7-4-5-9-13(11)15-14;3*1-2;/h2-9H,1H2,(H,15,16);3*1-2H3;1H.